The van der Waals surface area contributed by atoms with Crippen molar-refractivity contribution < 1.29 is 16.5 Å². The van der Waals surface area contributed by atoms with E-state index in [0.717, 1.165) is 0 Å². The third-order valence-electron chi connectivity index (χ3n) is 2.16. The SMILES string of the molecule is Cc1ccc2c(Cl)cc(Cl)c(OS(=O)(=O)F)c2n1. The average Bonchev–Trinajstić information content (AvgIpc) is 2.22. The van der Waals surface area contributed by atoms with Crippen LogP contribution in [-0.2, 0) is 10.5 Å². The van der Waals surface area contributed by atoms with E-state index in [-0.39, 0.29) is 21.3 Å². The summed E-state index contributed by atoms with van der Waals surface area (Å²) >= 11 is 11.7. The van der Waals surface area contributed by atoms with Crippen LogP contribution in [0.2, 0.25) is 10.0 Å². The first kappa shape index (κ1) is 13.3. The molecule has 1 aromatic heterocycles. The summed E-state index contributed by atoms with van der Waals surface area (Å²) < 4.78 is 37.9. The summed E-state index contributed by atoms with van der Waals surface area (Å²) in [5, 5.41) is 0.559. The van der Waals surface area contributed by atoms with Gasteiger partial charge in [0.2, 0.25) is 0 Å². The Bertz CT molecular complexity index is 733. The highest BCUT2D eigenvalue weighted by Crippen LogP contribution is 2.38. The fourth-order valence-electron chi connectivity index (χ4n) is 1.47. The molecular formula is C10H6Cl2FNO3S. The summed E-state index contributed by atoms with van der Waals surface area (Å²) in [7, 11) is -5.18. The number of aromatic nitrogens is 1. The molecule has 2 aromatic rings. The first-order valence-corrected chi connectivity index (χ1v) is 6.74. The fourth-order valence-corrected chi connectivity index (χ4v) is 2.44. The van der Waals surface area contributed by atoms with Gasteiger partial charge in [0.1, 0.15) is 5.52 Å². The first-order chi connectivity index (χ1) is 8.28. The van der Waals surface area contributed by atoms with E-state index in [1.165, 1.54) is 6.07 Å². The minimum atomic E-state index is -5.18. The molecular weight excluding hydrogens is 304 g/mol. The lowest BCUT2D eigenvalue weighted by molar-refractivity contribution is 0.442. The van der Waals surface area contributed by atoms with Crippen LogP contribution < -0.4 is 4.18 Å². The van der Waals surface area contributed by atoms with Crippen LogP contribution in [-0.4, -0.2) is 13.4 Å². The Morgan fingerprint density at radius 1 is 1.28 bits per heavy atom. The third kappa shape index (κ3) is 2.66. The third-order valence-corrected chi connectivity index (χ3v) is 3.12. The number of benzene rings is 1. The van der Waals surface area contributed by atoms with Crippen LogP contribution in [0.1, 0.15) is 5.69 Å². The molecule has 0 amide bonds. The minimum absolute atomic E-state index is 0.0914. The van der Waals surface area contributed by atoms with Crippen molar-refractivity contribution in [1.82, 2.24) is 4.98 Å². The van der Waals surface area contributed by atoms with E-state index in [9.17, 15) is 12.3 Å². The number of aryl methyl sites for hydroxylation is 1. The maximum atomic E-state index is 12.6. The van der Waals surface area contributed by atoms with Gasteiger partial charge in [-0.2, -0.15) is 8.42 Å². The monoisotopic (exact) mass is 309 g/mol. The largest absolute Gasteiger partial charge is 0.488 e. The molecule has 1 aromatic carbocycles. The van der Waals surface area contributed by atoms with Crippen molar-refractivity contribution in [3.63, 3.8) is 0 Å². The van der Waals surface area contributed by atoms with Gasteiger partial charge in [0.15, 0.2) is 5.75 Å². The van der Waals surface area contributed by atoms with Crippen molar-refractivity contribution in [2.24, 2.45) is 0 Å². The van der Waals surface area contributed by atoms with Gasteiger partial charge in [-0.15, -0.1) is 0 Å². The highest BCUT2D eigenvalue weighted by Gasteiger charge is 2.19. The van der Waals surface area contributed by atoms with Crippen molar-refractivity contribution in [3.05, 3.63) is 33.9 Å². The van der Waals surface area contributed by atoms with Crippen molar-refractivity contribution in [2.45, 2.75) is 6.92 Å². The molecule has 1 heterocycles. The predicted molar refractivity (Wildman–Crippen MR) is 67.2 cm³/mol. The van der Waals surface area contributed by atoms with Gasteiger partial charge in [-0.25, -0.2) is 4.98 Å². The summed E-state index contributed by atoms with van der Waals surface area (Å²) in [5.41, 5.74) is 0.677. The number of halogens is 3. The second-order valence-electron chi connectivity index (χ2n) is 3.49. The van der Waals surface area contributed by atoms with E-state index in [1.54, 1.807) is 19.1 Å². The van der Waals surface area contributed by atoms with Crippen LogP contribution in [0.5, 0.6) is 5.75 Å². The molecule has 0 unspecified atom stereocenters. The number of hydrogen-bond donors (Lipinski definition) is 0. The average molecular weight is 310 g/mol. The van der Waals surface area contributed by atoms with Crippen molar-refractivity contribution in [1.29, 1.82) is 0 Å². The molecule has 0 saturated carbocycles. The van der Waals surface area contributed by atoms with Crippen LogP contribution in [0.15, 0.2) is 18.2 Å². The highest BCUT2D eigenvalue weighted by molar-refractivity contribution is 7.81. The Morgan fingerprint density at radius 2 is 1.94 bits per heavy atom. The Hall–Kier alpha value is -1.11. The van der Waals surface area contributed by atoms with Crippen LogP contribution in [0.4, 0.5) is 3.89 Å². The summed E-state index contributed by atoms with van der Waals surface area (Å²) in [4.78, 5) is 4.06. The zero-order chi connectivity index (χ0) is 13.5. The molecule has 0 spiro atoms. The van der Waals surface area contributed by atoms with E-state index in [2.05, 4.69) is 9.17 Å². The second-order valence-corrected chi connectivity index (χ2v) is 5.26. The van der Waals surface area contributed by atoms with Crippen molar-refractivity contribution in [3.8, 4) is 5.75 Å². The molecule has 0 atom stereocenters. The highest BCUT2D eigenvalue weighted by atomic mass is 35.5. The van der Waals surface area contributed by atoms with Gasteiger partial charge in [0, 0.05) is 11.1 Å². The normalized spacial score (nSPS) is 11.8. The lowest BCUT2D eigenvalue weighted by Gasteiger charge is -2.08. The molecule has 0 N–H and O–H groups in total. The molecule has 0 aliphatic rings. The molecule has 96 valence electrons. The molecule has 4 nitrogen and oxygen atoms in total. The lowest BCUT2D eigenvalue weighted by Crippen LogP contribution is -2.03. The summed E-state index contributed by atoms with van der Waals surface area (Å²) in [6.45, 7) is 1.68. The van der Waals surface area contributed by atoms with E-state index in [0.29, 0.717) is 11.1 Å². The molecule has 18 heavy (non-hydrogen) atoms. The van der Waals surface area contributed by atoms with Crippen LogP contribution in [0.3, 0.4) is 0 Å². The smallest absolute Gasteiger partial charge is 0.354 e. The molecule has 0 aliphatic heterocycles. The zero-order valence-electron chi connectivity index (χ0n) is 8.95. The number of hydrogen-bond acceptors (Lipinski definition) is 4. The van der Waals surface area contributed by atoms with Crippen molar-refractivity contribution >= 4 is 44.6 Å². The molecule has 0 saturated heterocycles. The number of fused-ring (bicyclic) bond motifs is 1. The lowest BCUT2D eigenvalue weighted by atomic mass is 10.2. The van der Waals surface area contributed by atoms with Gasteiger partial charge in [-0.1, -0.05) is 27.1 Å². The number of pyridine rings is 1. The molecule has 0 bridgehead atoms. The maximum Gasteiger partial charge on any atom is 0.488 e. The maximum absolute atomic E-state index is 12.6. The van der Waals surface area contributed by atoms with Gasteiger partial charge >= 0.3 is 10.5 Å². The van der Waals surface area contributed by atoms with Gasteiger partial charge < -0.3 is 4.18 Å². The topological polar surface area (TPSA) is 56.3 Å². The first-order valence-electron chi connectivity index (χ1n) is 4.67. The van der Waals surface area contributed by atoms with Gasteiger partial charge in [-0.05, 0) is 25.1 Å². The predicted octanol–water partition coefficient (Wildman–Crippen LogP) is 3.44. The summed E-state index contributed by atoms with van der Waals surface area (Å²) in [6, 6.07) is 4.56. The van der Waals surface area contributed by atoms with E-state index >= 15 is 0 Å². The zero-order valence-corrected chi connectivity index (χ0v) is 11.3. The van der Waals surface area contributed by atoms with Crippen LogP contribution >= 0.6 is 23.2 Å². The van der Waals surface area contributed by atoms with Gasteiger partial charge in [0.25, 0.3) is 0 Å². The molecule has 2 rings (SSSR count). The second kappa shape index (κ2) is 4.53. The molecule has 0 aliphatic carbocycles. The number of nitrogens with zero attached hydrogens (tertiary/aromatic N) is 1. The van der Waals surface area contributed by atoms with Crippen molar-refractivity contribution in [2.75, 3.05) is 0 Å². The van der Waals surface area contributed by atoms with Gasteiger partial charge in [-0.3, -0.25) is 0 Å². The summed E-state index contributed by atoms with van der Waals surface area (Å²) in [6.07, 6.45) is 0. The van der Waals surface area contributed by atoms with E-state index < -0.39 is 10.5 Å². The van der Waals surface area contributed by atoms with Crippen LogP contribution in [0.25, 0.3) is 10.9 Å². The Labute approximate surface area is 113 Å². The standard InChI is InChI=1S/C10H6Cl2FNO3S/c1-5-2-3-6-7(11)4-8(12)10(9(6)14-5)17-18(13,15)16/h2-4H,1H3. The number of rotatable bonds is 2. The quantitative estimate of drug-likeness (QED) is 0.797. The molecule has 0 fully saturated rings. The Morgan fingerprint density at radius 3 is 2.56 bits per heavy atom. The van der Waals surface area contributed by atoms with E-state index in [1.807, 2.05) is 0 Å². The van der Waals surface area contributed by atoms with E-state index in [4.69, 9.17) is 23.2 Å². The minimum Gasteiger partial charge on any atom is -0.354 e. The van der Waals surface area contributed by atoms with Gasteiger partial charge in [0.05, 0.1) is 10.0 Å². The Balaban J connectivity index is 2.82. The molecule has 8 heteroatoms. The summed E-state index contributed by atoms with van der Waals surface area (Å²) in [5.74, 6) is -0.373. The fraction of sp³-hybridized carbons (Fsp3) is 0.100. The molecule has 0 radical (unpaired) electrons. The Kier molecular flexibility index (Phi) is 3.35. The van der Waals surface area contributed by atoms with Crippen LogP contribution in [0, 0.1) is 6.92 Å².